The van der Waals surface area contributed by atoms with Crippen LogP contribution >= 0.6 is 0 Å². The van der Waals surface area contributed by atoms with E-state index in [1.54, 1.807) is 14.2 Å². The first-order chi connectivity index (χ1) is 6.14. The van der Waals surface area contributed by atoms with Crippen LogP contribution in [0.3, 0.4) is 0 Å². The van der Waals surface area contributed by atoms with Crippen molar-refractivity contribution in [2.75, 3.05) is 34.5 Å². The Balaban J connectivity index is -0.000000125. The lowest BCUT2D eigenvalue weighted by Crippen LogP contribution is -1.91. The molecule has 0 aliphatic heterocycles. The van der Waals surface area contributed by atoms with Gasteiger partial charge in [-0.15, -0.1) is 0 Å². The number of hydrogen-bond acceptors (Lipinski definition) is 5. The average Bonchev–Trinajstić information content (AvgIpc) is 2.18. The van der Waals surface area contributed by atoms with E-state index in [2.05, 4.69) is 16.1 Å². The predicted octanol–water partition coefficient (Wildman–Crippen LogP) is -0.421. The highest BCUT2D eigenvalue weighted by Gasteiger charge is 1.81. The topological polar surface area (TPSA) is 76.0 Å². The lowest BCUT2D eigenvalue weighted by Gasteiger charge is -1.83. The molecule has 2 N–H and O–H groups in total. The van der Waals surface area contributed by atoms with Crippen LogP contribution in [-0.4, -0.2) is 50.7 Å². The van der Waals surface area contributed by atoms with E-state index < -0.39 is 5.97 Å². The number of esters is 1. The molecule has 0 rings (SSSR count). The number of aliphatic hydroxyl groups is 2. The van der Waals surface area contributed by atoms with Crippen molar-refractivity contribution in [2.24, 2.45) is 0 Å². The molecule has 0 heterocycles. The zero-order valence-corrected chi connectivity index (χ0v) is 8.32. The zero-order chi connectivity index (χ0) is 11.1. The second kappa shape index (κ2) is 22.5. The minimum atomic E-state index is -0.394. The predicted molar refractivity (Wildman–Crippen MR) is 49.3 cm³/mol. The number of ether oxygens (including phenoxy) is 2. The van der Waals surface area contributed by atoms with E-state index in [-0.39, 0.29) is 13.2 Å². The summed E-state index contributed by atoms with van der Waals surface area (Å²) >= 11 is 0. The minimum absolute atomic E-state index is 0.125. The molecule has 0 atom stereocenters. The molecule has 0 bridgehead atoms. The Morgan fingerprint density at radius 3 is 1.62 bits per heavy atom. The summed E-state index contributed by atoms with van der Waals surface area (Å²) in [6.45, 7) is 2.91. The third-order valence-electron chi connectivity index (χ3n) is 0.468. The van der Waals surface area contributed by atoms with Gasteiger partial charge in [-0.2, -0.15) is 0 Å². The van der Waals surface area contributed by atoms with Gasteiger partial charge in [0.2, 0.25) is 0 Å². The number of methoxy groups -OCH3 is 2. The van der Waals surface area contributed by atoms with Crippen LogP contribution in [0.5, 0.6) is 0 Å². The molecule has 0 aromatic heterocycles. The van der Waals surface area contributed by atoms with Gasteiger partial charge in [-0.3, -0.25) is 0 Å². The maximum absolute atomic E-state index is 9.84. The van der Waals surface area contributed by atoms with Crippen LogP contribution in [0.15, 0.2) is 12.7 Å². The molecule has 0 fully saturated rings. The summed E-state index contributed by atoms with van der Waals surface area (Å²) < 4.78 is 8.39. The maximum atomic E-state index is 9.84. The number of carbonyl (C=O) groups excluding carboxylic acids is 1. The van der Waals surface area contributed by atoms with Crippen LogP contribution in [-0.2, 0) is 14.3 Å². The van der Waals surface area contributed by atoms with E-state index in [9.17, 15) is 4.79 Å². The molecule has 0 aliphatic rings. The van der Waals surface area contributed by atoms with Crippen molar-refractivity contribution in [1.29, 1.82) is 0 Å². The third-order valence-corrected chi connectivity index (χ3v) is 0.468. The smallest absolute Gasteiger partial charge is 0.329 e. The number of carbonyl (C=O) groups is 1. The molecular weight excluding hydrogens is 176 g/mol. The average molecular weight is 194 g/mol. The van der Waals surface area contributed by atoms with Crippen molar-refractivity contribution in [3.05, 3.63) is 12.7 Å². The second-order valence-electron chi connectivity index (χ2n) is 1.58. The van der Waals surface area contributed by atoms with Gasteiger partial charge in [-0.25, -0.2) is 4.79 Å². The summed E-state index contributed by atoms with van der Waals surface area (Å²) in [7, 11) is 4.56. The van der Waals surface area contributed by atoms with E-state index in [4.69, 9.17) is 10.2 Å². The molecule has 0 aromatic rings. The molecule has 5 nitrogen and oxygen atoms in total. The SMILES string of the molecule is C=CC(=O)OC.COC.OCCO. The Bertz CT molecular complexity index is 101. The van der Waals surface area contributed by atoms with Crippen LogP contribution in [0, 0.1) is 0 Å². The van der Waals surface area contributed by atoms with Gasteiger partial charge < -0.3 is 19.7 Å². The van der Waals surface area contributed by atoms with Crippen molar-refractivity contribution in [3.8, 4) is 0 Å². The van der Waals surface area contributed by atoms with Crippen molar-refractivity contribution in [2.45, 2.75) is 0 Å². The Kier molecular flexibility index (Phi) is 31.1. The van der Waals surface area contributed by atoms with Crippen molar-refractivity contribution in [1.82, 2.24) is 0 Å². The van der Waals surface area contributed by atoms with Crippen LogP contribution in [0.25, 0.3) is 0 Å². The molecule has 0 aliphatic carbocycles. The first-order valence-electron chi connectivity index (χ1n) is 3.46. The molecule has 80 valence electrons. The van der Waals surface area contributed by atoms with E-state index >= 15 is 0 Å². The van der Waals surface area contributed by atoms with Gasteiger partial charge in [-0.1, -0.05) is 6.58 Å². The van der Waals surface area contributed by atoms with Crippen LogP contribution in [0.2, 0.25) is 0 Å². The molecule has 0 aromatic carbocycles. The molecule has 0 radical (unpaired) electrons. The fraction of sp³-hybridized carbons (Fsp3) is 0.625. The number of aliphatic hydroxyl groups excluding tert-OH is 2. The van der Waals surface area contributed by atoms with Gasteiger partial charge in [0.25, 0.3) is 0 Å². The lowest BCUT2D eigenvalue weighted by atomic mass is 10.7. The van der Waals surface area contributed by atoms with E-state index in [0.29, 0.717) is 0 Å². The summed E-state index contributed by atoms with van der Waals surface area (Å²) in [5.41, 5.74) is 0. The highest BCUT2D eigenvalue weighted by Crippen LogP contribution is 1.67. The summed E-state index contributed by atoms with van der Waals surface area (Å²) in [6.07, 6.45) is 1.11. The Hall–Kier alpha value is -0.910. The van der Waals surface area contributed by atoms with Gasteiger partial charge in [0.15, 0.2) is 0 Å². The fourth-order valence-corrected chi connectivity index (χ4v) is 0.0833. The summed E-state index contributed by atoms with van der Waals surface area (Å²) in [6, 6.07) is 0. The number of hydrogen-bond donors (Lipinski definition) is 2. The van der Waals surface area contributed by atoms with E-state index in [0.717, 1.165) is 6.08 Å². The Morgan fingerprint density at radius 2 is 1.62 bits per heavy atom. The van der Waals surface area contributed by atoms with E-state index in [1.807, 2.05) is 0 Å². The number of rotatable bonds is 2. The maximum Gasteiger partial charge on any atom is 0.329 e. The summed E-state index contributed by atoms with van der Waals surface area (Å²) in [5.74, 6) is -0.394. The van der Waals surface area contributed by atoms with Crippen molar-refractivity contribution in [3.63, 3.8) is 0 Å². The first kappa shape index (κ1) is 18.0. The van der Waals surface area contributed by atoms with Crippen LogP contribution in [0.1, 0.15) is 0 Å². The van der Waals surface area contributed by atoms with Crippen LogP contribution < -0.4 is 0 Å². The summed E-state index contributed by atoms with van der Waals surface area (Å²) in [5, 5.41) is 15.2. The molecule has 5 heteroatoms. The third kappa shape index (κ3) is 54.8. The monoisotopic (exact) mass is 194 g/mol. The van der Waals surface area contributed by atoms with Gasteiger partial charge in [0, 0.05) is 20.3 Å². The van der Waals surface area contributed by atoms with E-state index in [1.165, 1.54) is 7.11 Å². The molecule has 0 amide bonds. The van der Waals surface area contributed by atoms with Gasteiger partial charge >= 0.3 is 5.97 Å². The van der Waals surface area contributed by atoms with Gasteiger partial charge in [0.05, 0.1) is 20.3 Å². The Labute approximate surface area is 78.6 Å². The Morgan fingerprint density at radius 1 is 1.31 bits per heavy atom. The minimum Gasteiger partial charge on any atom is -0.466 e. The molecule has 0 spiro atoms. The van der Waals surface area contributed by atoms with Gasteiger partial charge in [0.1, 0.15) is 0 Å². The zero-order valence-electron chi connectivity index (χ0n) is 8.32. The summed E-state index contributed by atoms with van der Waals surface area (Å²) in [4.78, 5) is 9.84. The standard InChI is InChI=1S/C4H6O2.C2H6O2.C2H6O/c1-3-4(5)6-2;3-1-2-4;1-3-2/h3H,1H2,2H3;3-4H,1-2H2;1-2H3. The lowest BCUT2D eigenvalue weighted by molar-refractivity contribution is -0.134. The highest BCUT2D eigenvalue weighted by atomic mass is 16.5. The molecule has 0 unspecified atom stereocenters. The first-order valence-corrected chi connectivity index (χ1v) is 3.46. The molecule has 13 heavy (non-hydrogen) atoms. The molecular formula is C8H18O5. The molecule has 0 saturated heterocycles. The fourth-order valence-electron chi connectivity index (χ4n) is 0.0833. The normalized spacial score (nSPS) is 6.85. The van der Waals surface area contributed by atoms with Crippen molar-refractivity contribution >= 4 is 5.97 Å². The van der Waals surface area contributed by atoms with Crippen LogP contribution in [0.4, 0.5) is 0 Å². The molecule has 0 saturated carbocycles. The largest absolute Gasteiger partial charge is 0.466 e. The van der Waals surface area contributed by atoms with Gasteiger partial charge in [-0.05, 0) is 0 Å². The highest BCUT2D eigenvalue weighted by molar-refractivity contribution is 5.80. The van der Waals surface area contributed by atoms with Crippen molar-refractivity contribution < 1.29 is 24.5 Å². The quantitative estimate of drug-likeness (QED) is 0.461. The second-order valence-corrected chi connectivity index (χ2v) is 1.58.